The standard InChI is InChI=1S/C21H29NO4S2/c1-4-25-19-7-5-6-8-20(19)26-12-11-22-18(15-27-3)13-17-10-9-16(2)21(14-17)28(23)24/h5-10,14,18,22H,4,11-13,15H2,1-3H3,(H,23,24)/t18-/m0/s1. The second-order valence-corrected chi connectivity index (χ2v) is 8.24. The van der Waals surface area contributed by atoms with E-state index >= 15 is 0 Å². The molecule has 0 spiro atoms. The number of para-hydroxylation sites is 2. The Morgan fingerprint density at radius 3 is 2.54 bits per heavy atom. The van der Waals surface area contributed by atoms with E-state index in [1.807, 2.05) is 56.3 Å². The molecule has 5 nitrogen and oxygen atoms in total. The van der Waals surface area contributed by atoms with Gasteiger partial charge in [0, 0.05) is 18.3 Å². The molecule has 0 amide bonds. The van der Waals surface area contributed by atoms with Crippen molar-refractivity contribution in [1.29, 1.82) is 0 Å². The minimum atomic E-state index is -1.96. The third-order valence-corrected chi connectivity index (χ3v) is 5.78. The van der Waals surface area contributed by atoms with Crippen LogP contribution in [0.3, 0.4) is 0 Å². The molecule has 0 aliphatic heterocycles. The number of benzene rings is 2. The van der Waals surface area contributed by atoms with Gasteiger partial charge in [-0.3, -0.25) is 0 Å². The average Bonchev–Trinajstić information content (AvgIpc) is 2.68. The molecule has 2 atom stereocenters. The van der Waals surface area contributed by atoms with Crippen molar-refractivity contribution < 1.29 is 18.2 Å². The van der Waals surface area contributed by atoms with Crippen molar-refractivity contribution >= 4 is 22.8 Å². The number of ether oxygens (including phenoxy) is 2. The molecule has 0 saturated heterocycles. The lowest BCUT2D eigenvalue weighted by atomic mass is 10.1. The molecule has 2 aromatic carbocycles. The van der Waals surface area contributed by atoms with Crippen LogP contribution < -0.4 is 14.8 Å². The number of nitrogens with one attached hydrogen (secondary N) is 1. The lowest BCUT2D eigenvalue weighted by molar-refractivity contribution is 0.272. The Kier molecular flexibility index (Phi) is 9.84. The molecule has 7 heteroatoms. The summed E-state index contributed by atoms with van der Waals surface area (Å²) >= 11 is -0.186. The van der Waals surface area contributed by atoms with Crippen LogP contribution in [0.25, 0.3) is 0 Å². The maximum Gasteiger partial charge on any atom is 0.186 e. The van der Waals surface area contributed by atoms with Crippen LogP contribution >= 0.6 is 11.8 Å². The Labute approximate surface area is 174 Å². The molecule has 2 aromatic rings. The molecule has 0 aromatic heterocycles. The Balaban J connectivity index is 1.90. The van der Waals surface area contributed by atoms with Crippen LogP contribution in [0.4, 0.5) is 0 Å². The zero-order valence-electron chi connectivity index (χ0n) is 16.6. The topological polar surface area (TPSA) is 67.8 Å². The molecule has 0 radical (unpaired) electrons. The quantitative estimate of drug-likeness (QED) is 0.398. The highest BCUT2D eigenvalue weighted by molar-refractivity contribution is 7.98. The molecule has 0 aliphatic carbocycles. The van der Waals surface area contributed by atoms with E-state index in [0.29, 0.717) is 24.7 Å². The van der Waals surface area contributed by atoms with Gasteiger partial charge in [-0.05, 0) is 55.9 Å². The first-order valence-corrected chi connectivity index (χ1v) is 11.8. The Morgan fingerprint density at radius 2 is 1.89 bits per heavy atom. The van der Waals surface area contributed by atoms with Crippen molar-refractivity contribution in [1.82, 2.24) is 5.32 Å². The second kappa shape index (κ2) is 12.1. The van der Waals surface area contributed by atoms with E-state index in [9.17, 15) is 8.76 Å². The number of aryl methyl sites for hydroxylation is 1. The van der Waals surface area contributed by atoms with E-state index in [-0.39, 0.29) is 6.04 Å². The Morgan fingerprint density at radius 1 is 1.18 bits per heavy atom. The molecule has 2 rings (SSSR count). The SMILES string of the molecule is CCOc1ccccc1OCCN[C@H](CSC)Cc1ccc(C)c(S(=O)O)c1. The van der Waals surface area contributed by atoms with Crippen LogP contribution in [0.2, 0.25) is 0 Å². The molecule has 0 aliphatic rings. The first-order chi connectivity index (χ1) is 13.5. The summed E-state index contributed by atoms with van der Waals surface area (Å²) in [5.74, 6) is 2.46. The van der Waals surface area contributed by atoms with Gasteiger partial charge in [-0.25, -0.2) is 4.21 Å². The summed E-state index contributed by atoms with van der Waals surface area (Å²) in [7, 11) is 0. The lowest BCUT2D eigenvalue weighted by Crippen LogP contribution is -2.36. The molecule has 0 fully saturated rings. The maximum atomic E-state index is 11.5. The summed E-state index contributed by atoms with van der Waals surface area (Å²) in [6.07, 6.45) is 2.87. The fourth-order valence-corrected chi connectivity index (χ4v) is 4.14. The molecule has 28 heavy (non-hydrogen) atoms. The molecule has 2 N–H and O–H groups in total. The Hall–Kier alpha value is -1.54. The molecular weight excluding hydrogens is 394 g/mol. The number of hydrogen-bond acceptors (Lipinski definition) is 5. The maximum absolute atomic E-state index is 11.5. The van der Waals surface area contributed by atoms with Gasteiger partial charge in [-0.1, -0.05) is 24.3 Å². The average molecular weight is 424 g/mol. The predicted octanol–water partition coefficient (Wildman–Crippen LogP) is 3.92. The lowest BCUT2D eigenvalue weighted by Gasteiger charge is -2.19. The summed E-state index contributed by atoms with van der Waals surface area (Å²) in [5, 5.41) is 3.53. The highest BCUT2D eigenvalue weighted by Crippen LogP contribution is 2.26. The molecular formula is C21H29NO4S2. The van der Waals surface area contributed by atoms with E-state index in [4.69, 9.17) is 9.47 Å². The third-order valence-electron chi connectivity index (χ3n) is 4.23. The summed E-state index contributed by atoms with van der Waals surface area (Å²) in [5.41, 5.74) is 1.89. The van der Waals surface area contributed by atoms with Crippen LogP contribution in [-0.4, -0.2) is 46.6 Å². The fraction of sp³-hybridized carbons (Fsp3) is 0.429. The van der Waals surface area contributed by atoms with Crippen molar-refractivity contribution in [2.45, 2.75) is 31.2 Å². The van der Waals surface area contributed by atoms with Crippen molar-refractivity contribution in [3.05, 3.63) is 53.6 Å². The van der Waals surface area contributed by atoms with E-state index in [1.165, 1.54) is 0 Å². The summed E-state index contributed by atoms with van der Waals surface area (Å²) in [6, 6.07) is 13.7. The van der Waals surface area contributed by atoms with Crippen LogP contribution in [0, 0.1) is 6.92 Å². The minimum absolute atomic E-state index is 0.253. The van der Waals surface area contributed by atoms with Gasteiger partial charge in [0.15, 0.2) is 22.6 Å². The van der Waals surface area contributed by atoms with Gasteiger partial charge >= 0.3 is 0 Å². The molecule has 154 valence electrons. The van der Waals surface area contributed by atoms with Crippen LogP contribution in [-0.2, 0) is 17.5 Å². The molecule has 0 saturated carbocycles. The van der Waals surface area contributed by atoms with Crippen LogP contribution in [0.1, 0.15) is 18.1 Å². The van der Waals surface area contributed by atoms with E-state index in [1.54, 1.807) is 11.8 Å². The van der Waals surface area contributed by atoms with Crippen molar-refractivity contribution in [2.75, 3.05) is 31.8 Å². The summed E-state index contributed by atoms with van der Waals surface area (Å²) in [6.45, 7) is 5.65. The first kappa shape index (κ1) is 22.7. The predicted molar refractivity (Wildman–Crippen MR) is 117 cm³/mol. The normalized spacial score (nSPS) is 13.1. The highest BCUT2D eigenvalue weighted by Gasteiger charge is 2.12. The largest absolute Gasteiger partial charge is 0.490 e. The van der Waals surface area contributed by atoms with Gasteiger partial charge in [0.05, 0.1) is 11.5 Å². The van der Waals surface area contributed by atoms with E-state index < -0.39 is 11.1 Å². The molecule has 0 bridgehead atoms. The smallest absolute Gasteiger partial charge is 0.186 e. The zero-order chi connectivity index (χ0) is 20.4. The van der Waals surface area contributed by atoms with Gasteiger partial charge in [0.1, 0.15) is 6.61 Å². The third kappa shape index (κ3) is 7.13. The number of hydrogen-bond donors (Lipinski definition) is 2. The van der Waals surface area contributed by atoms with Gasteiger partial charge in [-0.2, -0.15) is 11.8 Å². The van der Waals surface area contributed by atoms with Crippen molar-refractivity contribution in [3.63, 3.8) is 0 Å². The van der Waals surface area contributed by atoms with E-state index in [0.717, 1.165) is 34.8 Å². The second-order valence-electron chi connectivity index (χ2n) is 6.39. The van der Waals surface area contributed by atoms with Crippen molar-refractivity contribution in [3.8, 4) is 11.5 Å². The molecule has 1 unspecified atom stereocenters. The van der Waals surface area contributed by atoms with Gasteiger partial charge in [-0.15, -0.1) is 0 Å². The van der Waals surface area contributed by atoms with Crippen molar-refractivity contribution in [2.24, 2.45) is 0 Å². The fourth-order valence-electron chi connectivity index (χ4n) is 2.90. The Bertz CT molecular complexity index is 770. The zero-order valence-corrected chi connectivity index (χ0v) is 18.3. The minimum Gasteiger partial charge on any atom is -0.490 e. The summed E-state index contributed by atoms with van der Waals surface area (Å²) in [4.78, 5) is 0.483. The van der Waals surface area contributed by atoms with Crippen LogP contribution in [0.5, 0.6) is 11.5 Å². The van der Waals surface area contributed by atoms with Gasteiger partial charge in [0.25, 0.3) is 0 Å². The van der Waals surface area contributed by atoms with Gasteiger partial charge in [0.2, 0.25) is 0 Å². The van der Waals surface area contributed by atoms with E-state index in [2.05, 4.69) is 11.6 Å². The number of thioether (sulfide) groups is 1. The monoisotopic (exact) mass is 423 g/mol. The molecule has 0 heterocycles. The highest BCUT2D eigenvalue weighted by atomic mass is 32.2. The summed E-state index contributed by atoms with van der Waals surface area (Å²) < 4.78 is 32.4. The van der Waals surface area contributed by atoms with Crippen LogP contribution in [0.15, 0.2) is 47.4 Å². The first-order valence-electron chi connectivity index (χ1n) is 9.32. The van der Waals surface area contributed by atoms with Gasteiger partial charge < -0.3 is 19.3 Å². The number of rotatable bonds is 12.